The molecule has 0 aliphatic heterocycles. The molecule has 0 saturated carbocycles. The molecule has 4 heteroatoms. The van der Waals surface area contributed by atoms with E-state index in [9.17, 15) is 4.79 Å². The highest BCUT2D eigenvalue weighted by atomic mass is 32.2. The summed E-state index contributed by atoms with van der Waals surface area (Å²) in [5.41, 5.74) is 2.48. The molecular weight excluding hydrogens is 294 g/mol. The second kappa shape index (κ2) is 9.15. The van der Waals surface area contributed by atoms with E-state index in [0.717, 1.165) is 17.3 Å². The molecule has 0 bridgehead atoms. The maximum Gasteiger partial charge on any atom is 0.257 e. The fourth-order valence-electron chi connectivity index (χ4n) is 1.86. The van der Waals surface area contributed by atoms with E-state index in [1.54, 1.807) is 0 Å². The number of amides is 1. The lowest BCUT2D eigenvalue weighted by atomic mass is 10.2. The minimum atomic E-state index is -0.0825. The van der Waals surface area contributed by atoms with Crippen LogP contribution < -0.4 is 10.1 Å². The maximum absolute atomic E-state index is 11.7. The second-order valence-corrected chi connectivity index (χ2v) is 6.10. The van der Waals surface area contributed by atoms with E-state index < -0.39 is 0 Å². The summed E-state index contributed by atoms with van der Waals surface area (Å²) in [4.78, 5) is 11.7. The summed E-state index contributed by atoms with van der Waals surface area (Å²) in [6.45, 7) is 2.74. The number of hydrogen-bond acceptors (Lipinski definition) is 3. The highest BCUT2D eigenvalue weighted by molar-refractivity contribution is 7.98. The van der Waals surface area contributed by atoms with Crippen LogP contribution in [0.3, 0.4) is 0 Å². The number of carbonyl (C=O) groups is 1. The van der Waals surface area contributed by atoms with Crippen molar-refractivity contribution in [2.24, 2.45) is 0 Å². The number of hydrogen-bond donors (Lipinski definition) is 1. The van der Waals surface area contributed by atoms with Gasteiger partial charge in [0.05, 0.1) is 0 Å². The smallest absolute Gasteiger partial charge is 0.257 e. The summed E-state index contributed by atoms with van der Waals surface area (Å²) >= 11 is 1.81. The third-order valence-corrected chi connectivity index (χ3v) is 4.10. The summed E-state index contributed by atoms with van der Waals surface area (Å²) in [7, 11) is 0. The fourth-order valence-corrected chi connectivity index (χ4v) is 2.68. The summed E-state index contributed by atoms with van der Waals surface area (Å²) < 4.78 is 5.43. The van der Waals surface area contributed by atoms with Gasteiger partial charge in [-0.05, 0) is 24.6 Å². The lowest BCUT2D eigenvalue weighted by Crippen LogP contribution is -2.30. The highest BCUT2D eigenvalue weighted by Crippen LogP contribution is 2.11. The quantitative estimate of drug-likeness (QED) is 0.759. The molecule has 0 aliphatic rings. The Morgan fingerprint density at radius 1 is 1.09 bits per heavy atom. The van der Waals surface area contributed by atoms with E-state index in [0.29, 0.717) is 6.54 Å². The van der Waals surface area contributed by atoms with Crippen molar-refractivity contribution in [1.82, 2.24) is 5.32 Å². The molecule has 116 valence electrons. The first-order valence-corrected chi connectivity index (χ1v) is 8.47. The molecule has 1 amide bonds. The topological polar surface area (TPSA) is 38.3 Å². The molecule has 0 unspecified atom stereocenters. The zero-order valence-corrected chi connectivity index (χ0v) is 13.6. The van der Waals surface area contributed by atoms with Gasteiger partial charge in [0.15, 0.2) is 6.61 Å². The molecule has 22 heavy (non-hydrogen) atoms. The summed E-state index contributed by atoms with van der Waals surface area (Å²) in [5.74, 6) is 2.50. The Morgan fingerprint density at radius 3 is 2.55 bits per heavy atom. The summed E-state index contributed by atoms with van der Waals surface area (Å²) in [5, 5.41) is 2.87. The highest BCUT2D eigenvalue weighted by Gasteiger charge is 2.02. The molecule has 1 N–H and O–H groups in total. The van der Waals surface area contributed by atoms with Crippen LogP contribution in [0.5, 0.6) is 5.75 Å². The number of thioether (sulfide) groups is 1. The molecule has 0 fully saturated rings. The first-order chi connectivity index (χ1) is 10.7. The zero-order valence-electron chi connectivity index (χ0n) is 12.7. The molecule has 2 aromatic rings. The Hall–Kier alpha value is -1.94. The van der Waals surface area contributed by atoms with Crippen molar-refractivity contribution >= 4 is 17.7 Å². The SMILES string of the molecule is Cc1ccc(OCC(=O)NCCSCc2ccccc2)cc1. The van der Waals surface area contributed by atoms with Crippen LogP contribution in [-0.4, -0.2) is 24.8 Å². The third kappa shape index (κ3) is 6.22. The molecular formula is C18H21NO2S. The molecule has 0 radical (unpaired) electrons. The van der Waals surface area contributed by atoms with Gasteiger partial charge in [0.1, 0.15) is 5.75 Å². The average molecular weight is 315 g/mol. The maximum atomic E-state index is 11.7. The van der Waals surface area contributed by atoms with Crippen molar-refractivity contribution in [3.8, 4) is 5.75 Å². The zero-order chi connectivity index (χ0) is 15.6. The van der Waals surface area contributed by atoms with E-state index >= 15 is 0 Å². The monoisotopic (exact) mass is 315 g/mol. The molecule has 0 heterocycles. The van der Waals surface area contributed by atoms with Crippen molar-refractivity contribution in [3.63, 3.8) is 0 Å². The van der Waals surface area contributed by atoms with Crippen LogP contribution in [0.1, 0.15) is 11.1 Å². The van der Waals surface area contributed by atoms with Gasteiger partial charge >= 0.3 is 0 Å². The number of nitrogens with one attached hydrogen (secondary N) is 1. The van der Waals surface area contributed by atoms with Gasteiger partial charge in [-0.2, -0.15) is 11.8 Å². The second-order valence-electron chi connectivity index (χ2n) is 4.99. The van der Waals surface area contributed by atoms with E-state index in [-0.39, 0.29) is 12.5 Å². The van der Waals surface area contributed by atoms with Gasteiger partial charge in [0, 0.05) is 18.1 Å². The molecule has 0 aliphatic carbocycles. The third-order valence-electron chi connectivity index (χ3n) is 3.07. The van der Waals surface area contributed by atoms with Crippen LogP contribution in [-0.2, 0) is 10.5 Å². The minimum absolute atomic E-state index is 0.0619. The molecule has 2 aromatic carbocycles. The molecule has 0 saturated heterocycles. The summed E-state index contributed by atoms with van der Waals surface area (Å²) in [6, 6.07) is 18.0. The van der Waals surface area contributed by atoms with Gasteiger partial charge in [-0.25, -0.2) is 0 Å². The largest absolute Gasteiger partial charge is 0.484 e. The van der Waals surface area contributed by atoms with Gasteiger partial charge in [0.25, 0.3) is 5.91 Å². The standard InChI is InChI=1S/C18H21NO2S/c1-15-7-9-17(10-8-15)21-13-18(20)19-11-12-22-14-16-5-3-2-4-6-16/h2-10H,11-14H2,1H3,(H,19,20). The van der Waals surface area contributed by atoms with Gasteiger partial charge < -0.3 is 10.1 Å². The normalized spacial score (nSPS) is 10.2. The van der Waals surface area contributed by atoms with Crippen LogP contribution in [0, 0.1) is 6.92 Å². The number of ether oxygens (including phenoxy) is 1. The number of benzene rings is 2. The predicted octanol–water partition coefficient (Wildman–Crippen LogP) is 3.42. The number of carbonyl (C=O) groups excluding carboxylic acids is 1. The summed E-state index contributed by atoms with van der Waals surface area (Å²) in [6.07, 6.45) is 0. The van der Waals surface area contributed by atoms with Gasteiger partial charge in [-0.15, -0.1) is 0 Å². The van der Waals surface area contributed by atoms with Crippen molar-refractivity contribution in [2.75, 3.05) is 18.9 Å². The Bertz CT molecular complexity index is 569. The molecule has 0 atom stereocenters. The first-order valence-electron chi connectivity index (χ1n) is 7.32. The van der Waals surface area contributed by atoms with E-state index in [2.05, 4.69) is 17.4 Å². The Balaban J connectivity index is 1.55. The van der Waals surface area contributed by atoms with E-state index in [1.807, 2.05) is 61.2 Å². The van der Waals surface area contributed by atoms with Crippen LogP contribution >= 0.6 is 11.8 Å². The van der Waals surface area contributed by atoms with Crippen molar-refractivity contribution < 1.29 is 9.53 Å². The lowest BCUT2D eigenvalue weighted by molar-refractivity contribution is -0.122. The van der Waals surface area contributed by atoms with Crippen LogP contribution in [0.2, 0.25) is 0 Å². The fraction of sp³-hybridized carbons (Fsp3) is 0.278. The van der Waals surface area contributed by atoms with Gasteiger partial charge in [-0.3, -0.25) is 4.79 Å². The Kier molecular flexibility index (Phi) is 6.84. The van der Waals surface area contributed by atoms with Crippen LogP contribution in [0.15, 0.2) is 54.6 Å². The lowest BCUT2D eigenvalue weighted by Gasteiger charge is -2.07. The van der Waals surface area contributed by atoms with Crippen molar-refractivity contribution in [3.05, 3.63) is 65.7 Å². The first kappa shape index (κ1) is 16.4. The molecule has 2 rings (SSSR count). The molecule has 3 nitrogen and oxygen atoms in total. The van der Waals surface area contributed by atoms with Crippen molar-refractivity contribution in [2.45, 2.75) is 12.7 Å². The van der Waals surface area contributed by atoms with Crippen LogP contribution in [0.25, 0.3) is 0 Å². The van der Waals surface area contributed by atoms with E-state index in [4.69, 9.17) is 4.74 Å². The number of aryl methyl sites for hydroxylation is 1. The van der Waals surface area contributed by atoms with E-state index in [1.165, 1.54) is 11.1 Å². The van der Waals surface area contributed by atoms with Crippen molar-refractivity contribution in [1.29, 1.82) is 0 Å². The van der Waals surface area contributed by atoms with Crippen LogP contribution in [0.4, 0.5) is 0 Å². The number of rotatable bonds is 8. The van der Waals surface area contributed by atoms with Gasteiger partial charge in [-0.1, -0.05) is 48.0 Å². The Morgan fingerprint density at radius 2 is 1.82 bits per heavy atom. The molecule has 0 spiro atoms. The Labute approximate surface area is 136 Å². The molecule has 0 aromatic heterocycles. The van der Waals surface area contributed by atoms with Gasteiger partial charge in [0.2, 0.25) is 0 Å². The minimum Gasteiger partial charge on any atom is -0.484 e. The average Bonchev–Trinajstić information content (AvgIpc) is 2.55. The predicted molar refractivity (Wildman–Crippen MR) is 92.3 cm³/mol.